The van der Waals surface area contributed by atoms with Gasteiger partial charge in [-0.25, -0.2) is 13.6 Å². The van der Waals surface area contributed by atoms with E-state index in [1.165, 1.54) is 0 Å². The molecule has 0 aliphatic heterocycles. The number of amides is 2. The molecular formula is C23H22F2N4O3. The first-order valence-corrected chi connectivity index (χ1v) is 10.3. The molecule has 9 heteroatoms. The smallest absolute Gasteiger partial charge is 0.323 e. The summed E-state index contributed by atoms with van der Waals surface area (Å²) in [5.41, 5.74) is 2.09. The van der Waals surface area contributed by atoms with Crippen LogP contribution in [0.25, 0.3) is 11.3 Å². The highest BCUT2D eigenvalue weighted by atomic mass is 19.1. The van der Waals surface area contributed by atoms with Gasteiger partial charge >= 0.3 is 6.03 Å². The van der Waals surface area contributed by atoms with Crippen molar-refractivity contribution in [2.24, 2.45) is 0 Å². The molecule has 1 saturated carbocycles. The Kier molecular flexibility index (Phi) is 6.44. The normalized spacial score (nSPS) is 18.1. The lowest BCUT2D eigenvalue weighted by Crippen LogP contribution is -2.23. The van der Waals surface area contributed by atoms with Crippen LogP contribution < -0.4 is 10.6 Å². The molecule has 0 bridgehead atoms. The van der Waals surface area contributed by atoms with Crippen molar-refractivity contribution in [1.29, 1.82) is 0 Å². The van der Waals surface area contributed by atoms with Gasteiger partial charge in [0.2, 0.25) is 0 Å². The van der Waals surface area contributed by atoms with Gasteiger partial charge in [0.1, 0.15) is 17.7 Å². The monoisotopic (exact) mass is 440 g/mol. The number of rotatable bonds is 6. The van der Waals surface area contributed by atoms with Crippen LogP contribution >= 0.6 is 0 Å². The number of ether oxygens (including phenoxy) is 1. The third kappa shape index (κ3) is 5.11. The van der Waals surface area contributed by atoms with E-state index in [0.717, 1.165) is 49.1 Å². The minimum atomic E-state index is -0.851. The molecule has 1 heterocycles. The van der Waals surface area contributed by atoms with Crippen molar-refractivity contribution in [1.82, 2.24) is 9.78 Å². The topological polar surface area (TPSA) is 85.2 Å². The first-order chi connectivity index (χ1) is 15.5. The summed E-state index contributed by atoms with van der Waals surface area (Å²) in [5, 5.41) is 9.63. The summed E-state index contributed by atoms with van der Waals surface area (Å²) in [6, 6.07) is 11.6. The third-order valence-electron chi connectivity index (χ3n) is 5.49. The Morgan fingerprint density at radius 3 is 2.47 bits per heavy atom. The zero-order valence-electron chi connectivity index (χ0n) is 17.1. The average molecular weight is 440 g/mol. The van der Waals surface area contributed by atoms with Crippen molar-refractivity contribution in [2.45, 2.75) is 37.8 Å². The van der Waals surface area contributed by atoms with Crippen molar-refractivity contribution >= 4 is 23.9 Å². The molecule has 32 heavy (non-hydrogen) atoms. The number of aromatic nitrogens is 2. The summed E-state index contributed by atoms with van der Waals surface area (Å²) in [4.78, 5) is 22.6. The zero-order valence-corrected chi connectivity index (χ0v) is 17.1. The van der Waals surface area contributed by atoms with Crippen LogP contribution in [0.15, 0.2) is 54.7 Å². The zero-order chi connectivity index (χ0) is 22.5. The summed E-state index contributed by atoms with van der Waals surface area (Å²) >= 11 is 0. The van der Waals surface area contributed by atoms with Gasteiger partial charge in [-0.1, -0.05) is 12.1 Å². The number of nitrogens with one attached hydrogen (secondary N) is 2. The van der Waals surface area contributed by atoms with E-state index in [-0.39, 0.29) is 17.8 Å². The summed E-state index contributed by atoms with van der Waals surface area (Å²) in [5.74, 6) is -1.57. The second-order valence-corrected chi connectivity index (χ2v) is 7.62. The van der Waals surface area contributed by atoms with Gasteiger partial charge < -0.3 is 15.4 Å². The molecule has 1 fully saturated rings. The third-order valence-corrected chi connectivity index (χ3v) is 5.49. The summed E-state index contributed by atoms with van der Waals surface area (Å²) in [7, 11) is 0. The van der Waals surface area contributed by atoms with Gasteiger partial charge in [-0.15, -0.1) is 0 Å². The van der Waals surface area contributed by atoms with Gasteiger partial charge in [0.05, 0.1) is 17.4 Å². The minimum absolute atomic E-state index is 0.00410. The summed E-state index contributed by atoms with van der Waals surface area (Å²) in [6.07, 6.45) is 5.37. The number of anilines is 2. The summed E-state index contributed by atoms with van der Waals surface area (Å²) < 4.78 is 33.6. The Bertz CT molecular complexity index is 1090. The van der Waals surface area contributed by atoms with E-state index in [1.54, 1.807) is 12.1 Å². The molecule has 0 saturated heterocycles. The van der Waals surface area contributed by atoms with E-state index in [0.29, 0.717) is 18.2 Å². The fourth-order valence-electron chi connectivity index (χ4n) is 3.82. The number of carbonyl (C=O) groups is 2. The molecular weight excluding hydrogens is 418 g/mol. The molecule has 7 nitrogen and oxygen atoms in total. The Morgan fingerprint density at radius 2 is 1.78 bits per heavy atom. The van der Waals surface area contributed by atoms with E-state index in [9.17, 15) is 18.4 Å². The van der Waals surface area contributed by atoms with Crippen molar-refractivity contribution < 1.29 is 23.1 Å². The molecule has 1 aliphatic carbocycles. The van der Waals surface area contributed by atoms with E-state index in [2.05, 4.69) is 15.7 Å². The maximum Gasteiger partial charge on any atom is 0.323 e. The minimum Gasteiger partial charge on any atom is -0.465 e. The van der Waals surface area contributed by atoms with Gasteiger partial charge in [0.25, 0.3) is 6.47 Å². The Hall–Kier alpha value is -3.75. The molecule has 0 atom stereocenters. The maximum atomic E-state index is 13.7. The lowest BCUT2D eigenvalue weighted by atomic mass is 9.93. The molecule has 2 amide bonds. The van der Waals surface area contributed by atoms with E-state index in [4.69, 9.17) is 4.74 Å². The lowest BCUT2D eigenvalue weighted by Gasteiger charge is -2.27. The van der Waals surface area contributed by atoms with E-state index < -0.39 is 17.7 Å². The van der Waals surface area contributed by atoms with Crippen LogP contribution in [0.2, 0.25) is 0 Å². The summed E-state index contributed by atoms with van der Waals surface area (Å²) in [6.45, 7) is 0.514. The number of urea groups is 1. The molecule has 4 rings (SSSR count). The van der Waals surface area contributed by atoms with Gasteiger partial charge in [-0.3, -0.25) is 9.48 Å². The van der Waals surface area contributed by atoms with Crippen LogP contribution in [0.5, 0.6) is 0 Å². The van der Waals surface area contributed by atoms with Gasteiger partial charge in [0.15, 0.2) is 0 Å². The molecule has 2 aromatic carbocycles. The van der Waals surface area contributed by atoms with Crippen molar-refractivity contribution in [3.05, 3.63) is 66.4 Å². The average Bonchev–Trinajstić information content (AvgIpc) is 3.27. The number of carbonyl (C=O) groups excluding carboxylic acids is 2. The molecule has 0 radical (unpaired) electrons. The van der Waals surface area contributed by atoms with Crippen LogP contribution in [0.3, 0.4) is 0 Å². The molecule has 166 valence electrons. The van der Waals surface area contributed by atoms with Gasteiger partial charge in [-0.2, -0.15) is 5.10 Å². The maximum absolute atomic E-state index is 13.7. The van der Waals surface area contributed by atoms with E-state index >= 15 is 0 Å². The Morgan fingerprint density at radius 1 is 1.03 bits per heavy atom. The van der Waals surface area contributed by atoms with Crippen LogP contribution in [0, 0.1) is 11.6 Å². The molecule has 1 aromatic heterocycles. The lowest BCUT2D eigenvalue weighted by molar-refractivity contribution is -0.135. The van der Waals surface area contributed by atoms with Crippen LogP contribution in [-0.4, -0.2) is 28.4 Å². The highest BCUT2D eigenvalue weighted by molar-refractivity contribution is 5.99. The number of nitrogens with zero attached hydrogens (tertiary/aromatic N) is 2. The van der Waals surface area contributed by atoms with Gasteiger partial charge in [0, 0.05) is 23.5 Å². The quantitative estimate of drug-likeness (QED) is 0.521. The number of hydrogen-bond acceptors (Lipinski definition) is 4. The van der Waals surface area contributed by atoms with Crippen molar-refractivity contribution in [3.63, 3.8) is 0 Å². The van der Waals surface area contributed by atoms with Gasteiger partial charge in [-0.05, 0) is 56.0 Å². The van der Waals surface area contributed by atoms with Crippen LogP contribution in [0.4, 0.5) is 25.0 Å². The fraction of sp³-hybridized carbons (Fsp3) is 0.261. The predicted octanol–water partition coefficient (Wildman–Crippen LogP) is 5.13. The van der Waals surface area contributed by atoms with Crippen molar-refractivity contribution in [3.8, 4) is 11.3 Å². The van der Waals surface area contributed by atoms with Crippen molar-refractivity contribution in [2.75, 3.05) is 10.6 Å². The largest absolute Gasteiger partial charge is 0.465 e. The highest BCUT2D eigenvalue weighted by Gasteiger charge is 2.23. The molecule has 1 aliphatic rings. The highest BCUT2D eigenvalue weighted by Crippen LogP contribution is 2.30. The fourth-order valence-corrected chi connectivity index (χ4v) is 3.82. The molecule has 0 unspecified atom stereocenters. The van der Waals surface area contributed by atoms with Crippen LogP contribution in [-0.2, 0) is 9.53 Å². The second-order valence-electron chi connectivity index (χ2n) is 7.62. The molecule has 2 N–H and O–H groups in total. The number of halogens is 2. The second kappa shape index (κ2) is 9.59. The number of hydrogen-bond donors (Lipinski definition) is 2. The van der Waals surface area contributed by atoms with Crippen LogP contribution in [0.1, 0.15) is 31.7 Å². The number of benzene rings is 2. The first kappa shape index (κ1) is 21.5. The standard InChI is InChI=1S/C23H22F2N4O3/c24-16-3-10-22(20(25)13-16)27-23(31)26-17-4-1-15(2-5-17)21-11-12-29(28-21)18-6-8-19(9-7-18)32-14-30/h1-5,10-14,18-19H,6-9H2,(H2,26,27,31). The first-order valence-electron chi connectivity index (χ1n) is 10.3. The molecule has 0 spiro atoms. The Balaban J connectivity index is 1.35. The molecule has 3 aromatic rings. The predicted molar refractivity (Wildman–Crippen MR) is 115 cm³/mol. The SMILES string of the molecule is O=COC1CCC(n2ccc(-c3ccc(NC(=O)Nc4ccc(F)cc4F)cc3)n2)CC1. The Labute approximate surface area is 183 Å². The van der Waals surface area contributed by atoms with E-state index in [1.807, 2.05) is 29.1 Å².